The first-order valence-corrected chi connectivity index (χ1v) is 3.98. The largest absolute Gasteiger partial charge is 0.428 e. The molecule has 0 aliphatic carbocycles. The van der Waals surface area contributed by atoms with Crippen molar-refractivity contribution in [3.63, 3.8) is 0 Å². The van der Waals surface area contributed by atoms with E-state index in [0.717, 1.165) is 12.0 Å². The van der Waals surface area contributed by atoms with Crippen LogP contribution in [0.4, 0.5) is 0 Å². The first kappa shape index (κ1) is 8.68. The molecule has 0 N–H and O–H groups in total. The monoisotopic (exact) mass is 189 g/mol. The Labute approximate surface area is 76.2 Å². The van der Waals surface area contributed by atoms with Gasteiger partial charge in [-0.25, -0.2) is 4.98 Å². The number of nitrogens with zero attached hydrogens (tertiary/aromatic N) is 1. The van der Waals surface area contributed by atoms with Gasteiger partial charge in [0.25, 0.3) is 0 Å². The molecule has 0 saturated heterocycles. The molecule has 0 unspecified atom stereocenters. The molecule has 1 rings (SSSR count). The van der Waals surface area contributed by atoms with Crippen molar-refractivity contribution in [3.05, 3.63) is 23.0 Å². The lowest BCUT2D eigenvalue weighted by molar-refractivity contribution is 0.645. The van der Waals surface area contributed by atoms with Crippen molar-refractivity contribution in [2.24, 2.45) is 0 Å². The maximum atomic E-state index is 5.63. The molecular weight excluding hydrogens is 182 g/mol. The summed E-state index contributed by atoms with van der Waals surface area (Å²) in [6.07, 6.45) is 2.55. The summed E-state index contributed by atoms with van der Waals surface area (Å²) in [4.78, 5) is 3.91. The summed E-state index contributed by atoms with van der Waals surface area (Å²) in [6, 6.07) is 1.65. The highest BCUT2D eigenvalue weighted by atomic mass is 35.5. The molecule has 60 valence electrons. The minimum atomic E-state index is 0.422. The SMILES string of the molecule is CCc1cnc(Cl)cc1OS. The Balaban J connectivity index is 3.06. The summed E-state index contributed by atoms with van der Waals surface area (Å²) in [5.74, 6) is 0.677. The molecule has 0 aliphatic rings. The molecule has 0 aromatic carbocycles. The number of pyridine rings is 1. The zero-order valence-electron chi connectivity index (χ0n) is 6.04. The Kier molecular flexibility index (Phi) is 3.02. The normalized spacial score (nSPS) is 9.73. The third-order valence-electron chi connectivity index (χ3n) is 1.39. The molecule has 0 aliphatic heterocycles. The van der Waals surface area contributed by atoms with Crippen molar-refractivity contribution in [3.8, 4) is 5.75 Å². The van der Waals surface area contributed by atoms with Gasteiger partial charge in [0.1, 0.15) is 10.9 Å². The fraction of sp³-hybridized carbons (Fsp3) is 0.286. The van der Waals surface area contributed by atoms with E-state index >= 15 is 0 Å². The maximum absolute atomic E-state index is 5.63. The maximum Gasteiger partial charge on any atom is 0.144 e. The van der Waals surface area contributed by atoms with Crippen molar-refractivity contribution < 1.29 is 4.18 Å². The van der Waals surface area contributed by atoms with E-state index in [9.17, 15) is 0 Å². The van der Waals surface area contributed by atoms with Crippen molar-refractivity contribution in [2.75, 3.05) is 0 Å². The number of hydrogen-bond donors (Lipinski definition) is 1. The lowest BCUT2D eigenvalue weighted by Gasteiger charge is -2.03. The van der Waals surface area contributed by atoms with Crippen LogP contribution in [0.3, 0.4) is 0 Å². The summed E-state index contributed by atoms with van der Waals surface area (Å²) in [7, 11) is 0. The van der Waals surface area contributed by atoms with Crippen LogP contribution >= 0.6 is 24.5 Å². The molecule has 0 spiro atoms. The second-order valence-corrected chi connectivity index (χ2v) is 2.63. The van der Waals surface area contributed by atoms with Crippen LogP contribution in [0.25, 0.3) is 0 Å². The van der Waals surface area contributed by atoms with Gasteiger partial charge in [0, 0.05) is 30.7 Å². The Morgan fingerprint density at radius 3 is 3.00 bits per heavy atom. The minimum Gasteiger partial charge on any atom is -0.428 e. The minimum absolute atomic E-state index is 0.422. The van der Waals surface area contributed by atoms with Crippen molar-refractivity contribution in [2.45, 2.75) is 13.3 Å². The van der Waals surface area contributed by atoms with E-state index < -0.39 is 0 Å². The van der Waals surface area contributed by atoms with E-state index in [-0.39, 0.29) is 0 Å². The first-order valence-electron chi connectivity index (χ1n) is 3.23. The smallest absolute Gasteiger partial charge is 0.144 e. The molecule has 1 aromatic rings. The van der Waals surface area contributed by atoms with E-state index in [1.54, 1.807) is 12.3 Å². The first-order chi connectivity index (χ1) is 5.27. The van der Waals surface area contributed by atoms with Gasteiger partial charge < -0.3 is 4.18 Å². The summed E-state index contributed by atoms with van der Waals surface area (Å²) in [5.41, 5.74) is 1.00. The molecule has 0 radical (unpaired) electrons. The molecule has 11 heavy (non-hydrogen) atoms. The summed E-state index contributed by atoms with van der Waals surface area (Å²) < 4.78 is 4.79. The fourth-order valence-corrected chi connectivity index (χ4v) is 1.11. The van der Waals surface area contributed by atoms with Crippen molar-refractivity contribution in [1.29, 1.82) is 0 Å². The van der Waals surface area contributed by atoms with Gasteiger partial charge >= 0.3 is 0 Å². The molecule has 4 heteroatoms. The number of halogens is 1. The van der Waals surface area contributed by atoms with Crippen LogP contribution in [0.5, 0.6) is 5.75 Å². The number of hydrogen-bond acceptors (Lipinski definition) is 3. The van der Waals surface area contributed by atoms with Gasteiger partial charge in [-0.15, -0.1) is 0 Å². The topological polar surface area (TPSA) is 22.1 Å². The number of rotatable bonds is 2. The van der Waals surface area contributed by atoms with Gasteiger partial charge in [0.15, 0.2) is 0 Å². The lowest BCUT2D eigenvalue weighted by Crippen LogP contribution is -1.88. The fourth-order valence-electron chi connectivity index (χ4n) is 0.792. The predicted octanol–water partition coefficient (Wildman–Crippen LogP) is 2.52. The van der Waals surface area contributed by atoms with Crippen LogP contribution in [-0.4, -0.2) is 4.98 Å². The molecule has 2 nitrogen and oxygen atoms in total. The molecule has 0 atom stereocenters. The van der Waals surface area contributed by atoms with E-state index in [1.807, 2.05) is 6.92 Å². The second-order valence-electron chi connectivity index (χ2n) is 2.06. The van der Waals surface area contributed by atoms with E-state index in [1.165, 1.54) is 0 Å². The molecular formula is C7H8ClNOS. The summed E-state index contributed by atoms with van der Waals surface area (Å²) >= 11 is 9.32. The molecule has 0 amide bonds. The average molecular weight is 190 g/mol. The van der Waals surface area contributed by atoms with Gasteiger partial charge in [-0.05, 0) is 6.42 Å². The highest BCUT2D eigenvalue weighted by molar-refractivity contribution is 7.75. The lowest BCUT2D eigenvalue weighted by atomic mass is 10.2. The molecule has 1 heterocycles. The highest BCUT2D eigenvalue weighted by Gasteiger charge is 2.01. The van der Waals surface area contributed by atoms with Gasteiger partial charge in [0.05, 0.1) is 0 Å². The van der Waals surface area contributed by atoms with Gasteiger partial charge in [-0.3, -0.25) is 0 Å². The third kappa shape index (κ3) is 2.01. The highest BCUT2D eigenvalue weighted by Crippen LogP contribution is 2.22. The Hall–Kier alpha value is -0.410. The van der Waals surface area contributed by atoms with Crippen LogP contribution in [0, 0.1) is 0 Å². The Bertz CT molecular complexity index is 254. The predicted molar refractivity (Wildman–Crippen MR) is 48.2 cm³/mol. The third-order valence-corrected chi connectivity index (χ3v) is 1.79. The quantitative estimate of drug-likeness (QED) is 0.439. The number of aryl methyl sites for hydroxylation is 1. The molecule has 0 bridgehead atoms. The molecule has 0 fully saturated rings. The van der Waals surface area contributed by atoms with Gasteiger partial charge in [-0.1, -0.05) is 18.5 Å². The van der Waals surface area contributed by atoms with Crippen molar-refractivity contribution in [1.82, 2.24) is 4.98 Å². The van der Waals surface area contributed by atoms with E-state index in [2.05, 4.69) is 17.9 Å². The molecule has 0 saturated carbocycles. The summed E-state index contributed by atoms with van der Waals surface area (Å²) in [6.45, 7) is 2.02. The van der Waals surface area contributed by atoms with Gasteiger partial charge in [-0.2, -0.15) is 0 Å². The molecule has 1 aromatic heterocycles. The van der Waals surface area contributed by atoms with E-state index in [4.69, 9.17) is 15.8 Å². The van der Waals surface area contributed by atoms with Crippen LogP contribution in [-0.2, 0) is 6.42 Å². The van der Waals surface area contributed by atoms with Crippen LogP contribution in [0.1, 0.15) is 12.5 Å². The Morgan fingerprint density at radius 1 is 1.73 bits per heavy atom. The van der Waals surface area contributed by atoms with Crippen molar-refractivity contribution >= 4 is 24.5 Å². The number of aromatic nitrogens is 1. The standard InChI is InChI=1S/C7H8ClNOS/c1-2-5-4-9-7(8)3-6(5)10-11/h3-4,11H,2H2,1H3. The average Bonchev–Trinajstić information content (AvgIpc) is 2.04. The summed E-state index contributed by atoms with van der Waals surface area (Å²) in [5, 5.41) is 0.422. The second kappa shape index (κ2) is 3.83. The van der Waals surface area contributed by atoms with Crippen LogP contribution < -0.4 is 4.18 Å². The van der Waals surface area contributed by atoms with Crippen LogP contribution in [0.2, 0.25) is 5.15 Å². The zero-order valence-corrected chi connectivity index (χ0v) is 7.69. The van der Waals surface area contributed by atoms with E-state index in [0.29, 0.717) is 10.9 Å². The van der Waals surface area contributed by atoms with Gasteiger partial charge in [0.2, 0.25) is 0 Å². The van der Waals surface area contributed by atoms with Crippen LogP contribution in [0.15, 0.2) is 12.3 Å². The zero-order chi connectivity index (χ0) is 8.27. The number of thiol groups is 1. The Morgan fingerprint density at radius 2 is 2.45 bits per heavy atom.